The molecule has 0 spiro atoms. The summed E-state index contributed by atoms with van der Waals surface area (Å²) in [5.41, 5.74) is 1.66. The molecule has 0 bridgehead atoms. The number of carbonyl (C=O) groups excluding carboxylic acids is 3. The van der Waals surface area contributed by atoms with Crippen LogP contribution in [0.15, 0.2) is 23.8 Å². The first-order valence-corrected chi connectivity index (χ1v) is 9.27. The molecule has 0 N–H and O–H groups in total. The Morgan fingerprint density at radius 3 is 2.43 bits per heavy atom. The van der Waals surface area contributed by atoms with Crippen molar-refractivity contribution in [2.75, 3.05) is 11.4 Å². The van der Waals surface area contributed by atoms with Gasteiger partial charge >= 0.3 is 18.0 Å². The quantitative estimate of drug-likeness (QED) is 0.416. The number of ether oxygens (including phenoxy) is 3. The number of anilines is 1. The molecule has 1 aromatic rings. The number of esters is 2. The van der Waals surface area contributed by atoms with Crippen LogP contribution in [0.25, 0.3) is 6.08 Å². The zero-order valence-electron chi connectivity index (χ0n) is 16.8. The molecule has 1 amide bonds. The minimum absolute atomic E-state index is 0.154. The Morgan fingerprint density at radius 1 is 1.18 bits per heavy atom. The fourth-order valence-corrected chi connectivity index (χ4v) is 3.16. The topological polar surface area (TPSA) is 82.1 Å². The van der Waals surface area contributed by atoms with E-state index >= 15 is 0 Å². The average Bonchev–Trinajstić information content (AvgIpc) is 2.55. The molecule has 3 rings (SSSR count). The normalized spacial score (nSPS) is 18.8. The number of hydrogen-bond donors (Lipinski definition) is 0. The predicted molar refractivity (Wildman–Crippen MR) is 103 cm³/mol. The van der Waals surface area contributed by atoms with Crippen molar-refractivity contribution in [3.63, 3.8) is 0 Å². The third-order valence-electron chi connectivity index (χ3n) is 4.26. The SMILES string of the molecule is CC(C)(C)OC(=O)N1CCCc2cc(C=C3C(=O)OC(C)(C)OC3=O)ccc21. The second-order valence-electron chi connectivity index (χ2n) is 8.36. The van der Waals surface area contributed by atoms with Crippen molar-refractivity contribution in [1.29, 1.82) is 0 Å². The molecule has 0 radical (unpaired) electrons. The highest BCUT2D eigenvalue weighted by molar-refractivity contribution is 6.18. The van der Waals surface area contributed by atoms with Gasteiger partial charge in [-0.2, -0.15) is 0 Å². The lowest BCUT2D eigenvalue weighted by molar-refractivity contribution is -0.222. The molecule has 1 saturated heterocycles. The van der Waals surface area contributed by atoms with Gasteiger partial charge < -0.3 is 14.2 Å². The van der Waals surface area contributed by atoms with Crippen molar-refractivity contribution in [3.8, 4) is 0 Å². The zero-order valence-corrected chi connectivity index (χ0v) is 16.8. The van der Waals surface area contributed by atoms with Crippen LogP contribution < -0.4 is 4.90 Å². The summed E-state index contributed by atoms with van der Waals surface area (Å²) in [6.45, 7) is 9.07. The zero-order chi connectivity index (χ0) is 20.7. The molecule has 0 atom stereocenters. The monoisotopic (exact) mass is 387 g/mol. The number of aryl methyl sites for hydroxylation is 1. The molecule has 0 aromatic heterocycles. The number of nitrogens with zero attached hydrogens (tertiary/aromatic N) is 1. The fraction of sp³-hybridized carbons (Fsp3) is 0.476. The van der Waals surface area contributed by atoms with E-state index in [-0.39, 0.29) is 11.7 Å². The van der Waals surface area contributed by atoms with E-state index in [1.54, 1.807) is 17.0 Å². The highest BCUT2D eigenvalue weighted by Gasteiger charge is 2.39. The third kappa shape index (κ3) is 4.35. The summed E-state index contributed by atoms with van der Waals surface area (Å²) >= 11 is 0. The van der Waals surface area contributed by atoms with Crippen LogP contribution in [0.5, 0.6) is 0 Å². The summed E-state index contributed by atoms with van der Waals surface area (Å²) in [4.78, 5) is 38.4. The lowest BCUT2D eigenvalue weighted by Crippen LogP contribution is -2.41. The van der Waals surface area contributed by atoms with Crippen LogP contribution in [-0.2, 0) is 30.2 Å². The van der Waals surface area contributed by atoms with Crippen LogP contribution >= 0.6 is 0 Å². The number of amides is 1. The van der Waals surface area contributed by atoms with E-state index in [1.165, 1.54) is 19.9 Å². The maximum absolute atomic E-state index is 12.5. The maximum atomic E-state index is 12.5. The van der Waals surface area contributed by atoms with Gasteiger partial charge in [-0.1, -0.05) is 6.07 Å². The number of fused-ring (bicyclic) bond motifs is 1. The van der Waals surface area contributed by atoms with Gasteiger partial charge in [-0.15, -0.1) is 0 Å². The molecule has 1 aromatic carbocycles. The predicted octanol–water partition coefficient (Wildman–Crippen LogP) is 3.59. The van der Waals surface area contributed by atoms with Crippen LogP contribution in [0, 0.1) is 0 Å². The fourth-order valence-electron chi connectivity index (χ4n) is 3.16. The van der Waals surface area contributed by atoms with E-state index in [4.69, 9.17) is 14.2 Å². The summed E-state index contributed by atoms with van der Waals surface area (Å²) in [7, 11) is 0. The van der Waals surface area contributed by atoms with Gasteiger partial charge in [-0.25, -0.2) is 14.4 Å². The lowest BCUT2D eigenvalue weighted by atomic mass is 9.98. The van der Waals surface area contributed by atoms with Gasteiger partial charge in [0.25, 0.3) is 5.79 Å². The van der Waals surface area contributed by atoms with Gasteiger partial charge in [-0.3, -0.25) is 4.90 Å². The number of benzene rings is 1. The van der Waals surface area contributed by atoms with Gasteiger partial charge in [-0.05, 0) is 62.9 Å². The standard InChI is InChI=1S/C21H25NO6/c1-20(2,3)28-19(25)22-10-6-7-14-11-13(8-9-16(14)22)12-15-17(23)26-21(4,5)27-18(15)24/h8-9,11-12H,6-7,10H2,1-5H3. The number of rotatable bonds is 1. The van der Waals surface area contributed by atoms with Gasteiger partial charge in [0.2, 0.25) is 0 Å². The van der Waals surface area contributed by atoms with Crippen molar-refractivity contribution in [1.82, 2.24) is 0 Å². The molecule has 7 nitrogen and oxygen atoms in total. The molecule has 1 fully saturated rings. The molecule has 2 aliphatic rings. The molecule has 2 aliphatic heterocycles. The molecular formula is C21H25NO6. The minimum Gasteiger partial charge on any atom is -0.443 e. The molecule has 0 saturated carbocycles. The molecule has 2 heterocycles. The van der Waals surface area contributed by atoms with E-state index in [2.05, 4.69) is 0 Å². The Morgan fingerprint density at radius 2 is 1.82 bits per heavy atom. The van der Waals surface area contributed by atoms with Gasteiger partial charge in [0.15, 0.2) is 0 Å². The first-order chi connectivity index (χ1) is 13.0. The van der Waals surface area contributed by atoms with Crippen LogP contribution in [0.1, 0.15) is 52.2 Å². The summed E-state index contributed by atoms with van der Waals surface area (Å²) in [5, 5.41) is 0. The molecule has 0 aliphatic carbocycles. The van der Waals surface area contributed by atoms with Gasteiger partial charge in [0.05, 0.1) is 5.69 Å². The minimum atomic E-state index is -1.27. The Labute approximate surface area is 164 Å². The van der Waals surface area contributed by atoms with Crippen molar-refractivity contribution in [3.05, 3.63) is 34.9 Å². The number of carbonyl (C=O) groups is 3. The van der Waals surface area contributed by atoms with Crippen LogP contribution in [0.4, 0.5) is 10.5 Å². The third-order valence-corrected chi connectivity index (χ3v) is 4.26. The van der Waals surface area contributed by atoms with E-state index in [1.807, 2.05) is 26.8 Å². The van der Waals surface area contributed by atoms with Crippen molar-refractivity contribution in [2.45, 2.75) is 58.8 Å². The summed E-state index contributed by atoms with van der Waals surface area (Å²) in [5.74, 6) is -2.70. The second-order valence-corrected chi connectivity index (χ2v) is 8.36. The van der Waals surface area contributed by atoms with Gasteiger partial charge in [0.1, 0.15) is 11.2 Å². The number of cyclic esters (lactones) is 2. The van der Waals surface area contributed by atoms with Crippen LogP contribution in [0.2, 0.25) is 0 Å². The first-order valence-electron chi connectivity index (χ1n) is 9.27. The maximum Gasteiger partial charge on any atom is 0.414 e. The van der Waals surface area contributed by atoms with E-state index in [9.17, 15) is 14.4 Å². The van der Waals surface area contributed by atoms with Gasteiger partial charge in [0, 0.05) is 20.4 Å². The second kappa shape index (κ2) is 6.96. The number of hydrogen-bond acceptors (Lipinski definition) is 6. The molecule has 0 unspecified atom stereocenters. The summed E-state index contributed by atoms with van der Waals surface area (Å²) in [6.07, 6.45) is 2.64. The van der Waals surface area contributed by atoms with Crippen molar-refractivity contribution in [2.24, 2.45) is 0 Å². The Balaban J connectivity index is 1.87. The Bertz CT molecular complexity index is 840. The molecule has 150 valence electrons. The molecule has 28 heavy (non-hydrogen) atoms. The Hall–Kier alpha value is -2.83. The van der Waals surface area contributed by atoms with Crippen molar-refractivity contribution < 1.29 is 28.6 Å². The highest BCUT2D eigenvalue weighted by atomic mass is 16.7. The lowest BCUT2D eigenvalue weighted by Gasteiger charge is -2.32. The Kier molecular flexibility index (Phi) is 4.95. The van der Waals surface area contributed by atoms with E-state index in [0.29, 0.717) is 12.1 Å². The molecule has 7 heteroatoms. The van der Waals surface area contributed by atoms with E-state index in [0.717, 1.165) is 24.1 Å². The summed E-state index contributed by atoms with van der Waals surface area (Å²) in [6, 6.07) is 5.40. The highest BCUT2D eigenvalue weighted by Crippen LogP contribution is 2.31. The van der Waals surface area contributed by atoms with E-state index < -0.39 is 23.3 Å². The van der Waals surface area contributed by atoms with Crippen molar-refractivity contribution >= 4 is 29.8 Å². The largest absolute Gasteiger partial charge is 0.443 e. The smallest absolute Gasteiger partial charge is 0.414 e. The summed E-state index contributed by atoms with van der Waals surface area (Å²) < 4.78 is 15.7. The van der Waals surface area contributed by atoms with Crippen LogP contribution in [-0.4, -0.2) is 36.0 Å². The van der Waals surface area contributed by atoms with Crippen LogP contribution in [0.3, 0.4) is 0 Å². The average molecular weight is 387 g/mol. The first kappa shape index (κ1) is 19.9. The molecular weight excluding hydrogens is 362 g/mol.